The minimum Gasteiger partial charge on any atom is -0.342 e. The molecule has 0 fully saturated rings. The van der Waals surface area contributed by atoms with E-state index in [0.717, 1.165) is 29.7 Å². The van der Waals surface area contributed by atoms with Crippen LogP contribution in [0.1, 0.15) is 11.3 Å². The number of imidazole rings is 1. The minimum absolute atomic E-state index is 0.739. The molecule has 1 aromatic carbocycles. The average Bonchev–Trinajstić information content (AvgIpc) is 2.86. The number of H-pyrrole nitrogens is 1. The molecule has 0 radical (unpaired) electrons. The molecule has 0 bridgehead atoms. The fourth-order valence-corrected chi connectivity index (χ4v) is 1.91. The van der Waals surface area contributed by atoms with Crippen LogP contribution in [0.2, 0.25) is 0 Å². The molecule has 0 aliphatic heterocycles. The van der Waals surface area contributed by atoms with Crippen molar-refractivity contribution in [3.8, 4) is 0 Å². The van der Waals surface area contributed by atoms with Crippen LogP contribution in [0.25, 0.3) is 11.2 Å². The Labute approximate surface area is 98.8 Å². The van der Waals surface area contributed by atoms with Crippen molar-refractivity contribution in [2.45, 2.75) is 12.8 Å². The molecule has 3 aromatic rings. The van der Waals surface area contributed by atoms with Gasteiger partial charge in [-0.25, -0.2) is 15.0 Å². The molecule has 0 saturated carbocycles. The van der Waals surface area contributed by atoms with Crippen LogP contribution in [0, 0.1) is 0 Å². The zero-order chi connectivity index (χ0) is 11.5. The van der Waals surface area contributed by atoms with Crippen molar-refractivity contribution < 1.29 is 0 Å². The third-order valence-electron chi connectivity index (χ3n) is 2.79. The van der Waals surface area contributed by atoms with Crippen LogP contribution >= 0.6 is 0 Å². The van der Waals surface area contributed by atoms with Crippen LogP contribution in [-0.2, 0) is 12.8 Å². The molecule has 2 heterocycles. The summed E-state index contributed by atoms with van der Waals surface area (Å²) in [5.74, 6) is 0. The molecule has 84 valence electrons. The molecule has 1 N–H and O–H groups in total. The van der Waals surface area contributed by atoms with E-state index in [1.165, 1.54) is 5.56 Å². The highest BCUT2D eigenvalue weighted by atomic mass is 15.0. The molecule has 0 spiro atoms. The summed E-state index contributed by atoms with van der Waals surface area (Å²) >= 11 is 0. The first-order valence-electron chi connectivity index (χ1n) is 5.60. The van der Waals surface area contributed by atoms with Gasteiger partial charge in [0.2, 0.25) is 0 Å². The van der Waals surface area contributed by atoms with Crippen LogP contribution in [-0.4, -0.2) is 19.9 Å². The number of nitrogens with one attached hydrogen (secondary N) is 1. The van der Waals surface area contributed by atoms with Gasteiger partial charge in [-0.2, -0.15) is 0 Å². The lowest BCUT2D eigenvalue weighted by Gasteiger charge is -2.01. The topological polar surface area (TPSA) is 54.5 Å². The van der Waals surface area contributed by atoms with Crippen LogP contribution in [0.5, 0.6) is 0 Å². The van der Waals surface area contributed by atoms with E-state index in [-0.39, 0.29) is 0 Å². The molecule has 3 rings (SSSR count). The van der Waals surface area contributed by atoms with Gasteiger partial charge in [0, 0.05) is 0 Å². The van der Waals surface area contributed by atoms with E-state index in [0.29, 0.717) is 0 Å². The fourth-order valence-electron chi connectivity index (χ4n) is 1.91. The van der Waals surface area contributed by atoms with Gasteiger partial charge in [-0.1, -0.05) is 30.3 Å². The molecule has 0 atom stereocenters. The molecule has 0 amide bonds. The summed E-state index contributed by atoms with van der Waals surface area (Å²) in [6, 6.07) is 10.4. The smallest absolute Gasteiger partial charge is 0.180 e. The number of fused-ring (bicyclic) bond motifs is 1. The van der Waals surface area contributed by atoms with Gasteiger partial charge in [0.25, 0.3) is 0 Å². The molecule has 0 saturated heterocycles. The van der Waals surface area contributed by atoms with Crippen molar-refractivity contribution in [2.24, 2.45) is 0 Å². The second kappa shape index (κ2) is 4.33. The summed E-state index contributed by atoms with van der Waals surface area (Å²) in [6.45, 7) is 0. The first-order valence-corrected chi connectivity index (χ1v) is 5.60. The number of hydrogen-bond donors (Lipinski definition) is 1. The minimum atomic E-state index is 0.739. The van der Waals surface area contributed by atoms with Crippen LogP contribution in [0.3, 0.4) is 0 Å². The maximum absolute atomic E-state index is 4.31. The van der Waals surface area contributed by atoms with E-state index in [9.17, 15) is 0 Å². The third-order valence-corrected chi connectivity index (χ3v) is 2.79. The number of aryl methyl sites for hydroxylation is 2. The lowest BCUT2D eigenvalue weighted by molar-refractivity contribution is 0.913. The Hall–Kier alpha value is -2.23. The van der Waals surface area contributed by atoms with Crippen LogP contribution in [0.15, 0.2) is 43.0 Å². The van der Waals surface area contributed by atoms with Crippen molar-refractivity contribution in [2.75, 3.05) is 0 Å². The van der Waals surface area contributed by atoms with Gasteiger partial charge < -0.3 is 4.98 Å². The summed E-state index contributed by atoms with van der Waals surface area (Å²) in [5, 5.41) is 0. The van der Waals surface area contributed by atoms with Gasteiger partial charge in [0.15, 0.2) is 5.65 Å². The fraction of sp³-hybridized carbons (Fsp3) is 0.154. The van der Waals surface area contributed by atoms with Gasteiger partial charge in [-0.05, 0) is 18.4 Å². The molecule has 0 unspecified atom stereocenters. The highest BCUT2D eigenvalue weighted by molar-refractivity contribution is 5.71. The average molecular weight is 224 g/mol. The Morgan fingerprint density at radius 3 is 2.71 bits per heavy atom. The molecule has 4 nitrogen and oxygen atoms in total. The number of benzene rings is 1. The predicted molar refractivity (Wildman–Crippen MR) is 65.5 cm³/mol. The lowest BCUT2D eigenvalue weighted by atomic mass is 10.1. The first-order chi connectivity index (χ1) is 8.43. The molecule has 2 aromatic heterocycles. The quantitative estimate of drug-likeness (QED) is 0.741. The number of aromatic amines is 1. The van der Waals surface area contributed by atoms with Gasteiger partial charge in [0.05, 0.1) is 12.0 Å². The molecular weight excluding hydrogens is 212 g/mol. The maximum Gasteiger partial charge on any atom is 0.180 e. The van der Waals surface area contributed by atoms with Crippen molar-refractivity contribution in [1.29, 1.82) is 0 Å². The van der Waals surface area contributed by atoms with Gasteiger partial charge in [-0.15, -0.1) is 0 Å². The molecule has 0 aliphatic carbocycles. The predicted octanol–water partition coefficient (Wildman–Crippen LogP) is 2.14. The second-order valence-electron chi connectivity index (χ2n) is 3.91. The van der Waals surface area contributed by atoms with Crippen molar-refractivity contribution in [3.63, 3.8) is 0 Å². The maximum atomic E-state index is 4.31. The Bertz CT molecular complexity index is 615. The summed E-state index contributed by atoms with van der Waals surface area (Å²) in [4.78, 5) is 15.6. The Morgan fingerprint density at radius 2 is 1.82 bits per heavy atom. The van der Waals surface area contributed by atoms with Crippen LogP contribution in [0.4, 0.5) is 0 Å². The SMILES string of the molecule is c1ccc(CCc2ncnc3nc[nH]c23)cc1. The zero-order valence-corrected chi connectivity index (χ0v) is 9.30. The number of rotatable bonds is 3. The highest BCUT2D eigenvalue weighted by Crippen LogP contribution is 2.12. The molecule has 4 heteroatoms. The first kappa shape index (κ1) is 9.96. The van der Waals surface area contributed by atoms with Gasteiger partial charge in [0.1, 0.15) is 11.8 Å². The Balaban J connectivity index is 1.84. The summed E-state index contributed by atoms with van der Waals surface area (Å²) < 4.78 is 0. The number of hydrogen-bond acceptors (Lipinski definition) is 3. The van der Waals surface area contributed by atoms with E-state index in [1.54, 1.807) is 12.7 Å². The van der Waals surface area contributed by atoms with E-state index < -0.39 is 0 Å². The van der Waals surface area contributed by atoms with E-state index in [4.69, 9.17) is 0 Å². The summed E-state index contributed by atoms with van der Waals surface area (Å²) in [6.07, 6.45) is 5.10. The van der Waals surface area contributed by atoms with E-state index in [1.807, 2.05) is 6.07 Å². The standard InChI is InChI=1S/C13H12N4/c1-2-4-10(5-3-1)6-7-11-12-13(16-8-14-11)17-9-15-12/h1-5,8-9H,6-7H2,(H,14,15,16,17). The van der Waals surface area contributed by atoms with Crippen molar-refractivity contribution in [1.82, 2.24) is 19.9 Å². The Kier molecular flexibility index (Phi) is 2.54. The van der Waals surface area contributed by atoms with Crippen molar-refractivity contribution >= 4 is 11.2 Å². The van der Waals surface area contributed by atoms with Crippen LogP contribution < -0.4 is 0 Å². The van der Waals surface area contributed by atoms with Crippen molar-refractivity contribution in [3.05, 3.63) is 54.2 Å². The summed E-state index contributed by atoms with van der Waals surface area (Å²) in [5.41, 5.74) is 4.03. The number of nitrogens with zero attached hydrogens (tertiary/aromatic N) is 3. The second-order valence-corrected chi connectivity index (χ2v) is 3.91. The van der Waals surface area contributed by atoms with Gasteiger partial charge in [-0.3, -0.25) is 0 Å². The molecule has 17 heavy (non-hydrogen) atoms. The zero-order valence-electron chi connectivity index (χ0n) is 9.30. The number of aromatic nitrogens is 4. The monoisotopic (exact) mass is 224 g/mol. The lowest BCUT2D eigenvalue weighted by Crippen LogP contribution is -1.96. The summed E-state index contributed by atoms with van der Waals surface area (Å²) in [7, 11) is 0. The highest BCUT2D eigenvalue weighted by Gasteiger charge is 2.05. The third kappa shape index (κ3) is 2.01. The van der Waals surface area contributed by atoms with E-state index >= 15 is 0 Å². The normalized spacial score (nSPS) is 10.8. The molecular formula is C13H12N4. The Morgan fingerprint density at radius 1 is 0.941 bits per heavy atom. The van der Waals surface area contributed by atoms with Gasteiger partial charge >= 0.3 is 0 Å². The molecule has 0 aliphatic rings. The van der Waals surface area contributed by atoms with E-state index in [2.05, 4.69) is 44.2 Å². The largest absolute Gasteiger partial charge is 0.342 e.